The summed E-state index contributed by atoms with van der Waals surface area (Å²) in [5.74, 6) is -1.24. The lowest BCUT2D eigenvalue weighted by Crippen LogP contribution is -2.21. The number of rotatable bonds is 6. The van der Waals surface area contributed by atoms with Crippen molar-refractivity contribution in [3.05, 3.63) is 110 Å². The molecule has 0 aliphatic rings. The molecule has 0 unspecified atom stereocenters. The number of hydrogen-bond donors (Lipinski definition) is 0. The Kier molecular flexibility index (Phi) is 6.04. The third-order valence-electron chi connectivity index (χ3n) is 4.42. The lowest BCUT2D eigenvalue weighted by atomic mass is 9.99. The number of nitro benzene ring substituents is 1. The van der Waals surface area contributed by atoms with Crippen LogP contribution in [0.3, 0.4) is 0 Å². The fourth-order valence-corrected chi connectivity index (χ4v) is 3.00. The molecule has 0 saturated heterocycles. The summed E-state index contributed by atoms with van der Waals surface area (Å²) >= 11 is 5.93. The van der Waals surface area contributed by atoms with Crippen LogP contribution in [-0.4, -0.2) is 16.7 Å². The molecular weight excluding hydrogens is 394 g/mol. The number of benzene rings is 3. The Balaban J connectivity index is 1.98. The summed E-state index contributed by atoms with van der Waals surface area (Å²) in [6.45, 7) is 1.46. The highest BCUT2D eigenvalue weighted by Gasteiger charge is 2.28. The van der Waals surface area contributed by atoms with Crippen LogP contribution in [-0.2, 0) is 4.74 Å². The van der Waals surface area contributed by atoms with Crippen LogP contribution in [0.2, 0.25) is 5.02 Å². The van der Waals surface area contributed by atoms with E-state index in [0.717, 1.165) is 0 Å². The predicted octanol–water partition coefficient (Wildman–Crippen LogP) is 5.34. The molecule has 146 valence electrons. The van der Waals surface area contributed by atoms with Gasteiger partial charge in [0.05, 0.1) is 10.5 Å². The lowest BCUT2D eigenvalue weighted by Gasteiger charge is -2.18. The molecule has 0 saturated carbocycles. The van der Waals surface area contributed by atoms with E-state index in [4.69, 9.17) is 16.3 Å². The number of nitrogens with zero attached hydrogens (tertiary/aromatic N) is 1. The molecule has 0 amide bonds. The zero-order valence-electron chi connectivity index (χ0n) is 15.4. The highest BCUT2D eigenvalue weighted by molar-refractivity contribution is 6.30. The highest BCUT2D eigenvalue weighted by atomic mass is 35.5. The van der Waals surface area contributed by atoms with Crippen LogP contribution in [0.15, 0.2) is 72.8 Å². The van der Waals surface area contributed by atoms with Crippen LogP contribution in [0.5, 0.6) is 0 Å². The summed E-state index contributed by atoms with van der Waals surface area (Å²) in [5.41, 5.74) is 0.816. The van der Waals surface area contributed by atoms with Crippen molar-refractivity contribution in [2.75, 3.05) is 0 Å². The fourth-order valence-electron chi connectivity index (χ4n) is 2.88. The molecule has 0 fully saturated rings. The third-order valence-corrected chi connectivity index (χ3v) is 4.67. The number of ether oxygens (including phenoxy) is 1. The number of carbonyl (C=O) groups is 2. The Morgan fingerprint density at radius 2 is 1.62 bits per heavy atom. The van der Waals surface area contributed by atoms with Gasteiger partial charge in [-0.15, -0.1) is 0 Å². The van der Waals surface area contributed by atoms with Gasteiger partial charge in [-0.05, 0) is 25.1 Å². The maximum absolute atomic E-state index is 13.0. The molecule has 0 aliphatic carbocycles. The first-order valence-corrected chi connectivity index (χ1v) is 9.06. The summed E-state index contributed by atoms with van der Waals surface area (Å²) in [6.07, 6.45) is -1.22. The average Bonchev–Trinajstić information content (AvgIpc) is 2.72. The van der Waals surface area contributed by atoms with E-state index in [1.165, 1.54) is 25.1 Å². The van der Waals surface area contributed by atoms with Crippen molar-refractivity contribution in [3.8, 4) is 0 Å². The van der Waals surface area contributed by atoms with Crippen LogP contribution in [0.25, 0.3) is 0 Å². The van der Waals surface area contributed by atoms with Crippen LogP contribution in [0.1, 0.15) is 37.9 Å². The minimum atomic E-state index is -1.22. The average molecular weight is 410 g/mol. The Morgan fingerprint density at radius 3 is 2.24 bits per heavy atom. The van der Waals surface area contributed by atoms with Crippen molar-refractivity contribution in [2.24, 2.45) is 0 Å². The number of Topliss-reactive ketones (excluding diaryl/α,β-unsaturated/α-hetero) is 1. The monoisotopic (exact) mass is 409 g/mol. The zero-order valence-corrected chi connectivity index (χ0v) is 16.1. The van der Waals surface area contributed by atoms with Crippen LogP contribution >= 0.6 is 11.6 Å². The van der Waals surface area contributed by atoms with Gasteiger partial charge in [-0.2, -0.15) is 0 Å². The van der Waals surface area contributed by atoms with Crippen LogP contribution in [0.4, 0.5) is 5.69 Å². The van der Waals surface area contributed by atoms with Gasteiger partial charge in [0, 0.05) is 27.8 Å². The minimum Gasteiger partial charge on any atom is -0.445 e. The maximum Gasteiger partial charge on any atom is 0.339 e. The van der Waals surface area contributed by atoms with Gasteiger partial charge in [-0.3, -0.25) is 14.9 Å². The number of ketones is 1. The van der Waals surface area contributed by atoms with Gasteiger partial charge in [-0.25, -0.2) is 4.79 Å². The molecule has 1 atom stereocenters. The molecule has 0 spiro atoms. The molecule has 3 rings (SSSR count). The molecule has 0 N–H and O–H groups in total. The highest BCUT2D eigenvalue weighted by Crippen LogP contribution is 2.28. The minimum absolute atomic E-state index is 0.0269. The van der Waals surface area contributed by atoms with E-state index in [9.17, 15) is 19.7 Å². The van der Waals surface area contributed by atoms with Crippen molar-refractivity contribution in [1.82, 2.24) is 0 Å². The van der Waals surface area contributed by atoms with E-state index < -0.39 is 22.8 Å². The molecule has 0 bridgehead atoms. The van der Waals surface area contributed by atoms with Gasteiger partial charge in [0.25, 0.3) is 5.69 Å². The number of esters is 1. The number of hydrogen-bond acceptors (Lipinski definition) is 5. The normalized spacial score (nSPS) is 11.5. The van der Waals surface area contributed by atoms with Crippen molar-refractivity contribution in [1.29, 1.82) is 0 Å². The van der Waals surface area contributed by atoms with E-state index in [2.05, 4.69) is 0 Å². The molecule has 7 heteroatoms. The summed E-state index contributed by atoms with van der Waals surface area (Å²) in [6, 6.07) is 18.9. The molecule has 0 aromatic heterocycles. The third kappa shape index (κ3) is 4.50. The molecule has 3 aromatic carbocycles. The summed E-state index contributed by atoms with van der Waals surface area (Å²) in [4.78, 5) is 36.4. The molecule has 0 heterocycles. The van der Waals surface area contributed by atoms with Crippen LogP contribution in [0, 0.1) is 17.0 Å². The first kappa shape index (κ1) is 20.2. The number of halogens is 1. The molecule has 3 aromatic rings. The maximum atomic E-state index is 13.0. The van der Waals surface area contributed by atoms with E-state index >= 15 is 0 Å². The van der Waals surface area contributed by atoms with E-state index in [1.54, 1.807) is 54.6 Å². The Bertz CT molecular complexity index is 1060. The number of nitro groups is 1. The quantitative estimate of drug-likeness (QED) is 0.237. The molecule has 29 heavy (non-hydrogen) atoms. The largest absolute Gasteiger partial charge is 0.445 e. The second-order valence-corrected chi connectivity index (χ2v) is 6.71. The van der Waals surface area contributed by atoms with Gasteiger partial charge >= 0.3 is 5.97 Å². The van der Waals surface area contributed by atoms with Gasteiger partial charge < -0.3 is 4.74 Å². The van der Waals surface area contributed by atoms with E-state index in [-0.39, 0.29) is 16.8 Å². The summed E-state index contributed by atoms with van der Waals surface area (Å²) in [5, 5.41) is 11.6. The van der Waals surface area contributed by atoms with E-state index in [0.29, 0.717) is 16.1 Å². The van der Waals surface area contributed by atoms with Gasteiger partial charge in [0.1, 0.15) is 0 Å². The van der Waals surface area contributed by atoms with Crippen LogP contribution < -0.4 is 0 Å². The smallest absolute Gasteiger partial charge is 0.339 e. The second kappa shape index (κ2) is 8.67. The van der Waals surface area contributed by atoms with Crippen molar-refractivity contribution < 1.29 is 19.2 Å². The standard InChI is InChI=1S/C22H16ClNO5/c1-14-18(8-5-9-19(14)24(27)28)22(26)29-21(16-10-12-17(23)13-11-16)20(25)15-6-3-2-4-7-15/h2-13,21H,1H3/t21-/m1/s1. The molecule has 0 radical (unpaired) electrons. The fraction of sp³-hybridized carbons (Fsp3) is 0.0909. The van der Waals surface area contributed by atoms with Crippen molar-refractivity contribution in [2.45, 2.75) is 13.0 Å². The molecule has 0 aliphatic heterocycles. The first-order chi connectivity index (χ1) is 13.9. The summed E-state index contributed by atoms with van der Waals surface area (Å²) < 4.78 is 5.54. The first-order valence-electron chi connectivity index (χ1n) is 8.68. The SMILES string of the molecule is Cc1c(C(=O)O[C@@H](C(=O)c2ccccc2)c2ccc(Cl)cc2)cccc1[N+](=O)[O-]. The lowest BCUT2D eigenvalue weighted by molar-refractivity contribution is -0.385. The van der Waals surface area contributed by atoms with Crippen molar-refractivity contribution in [3.63, 3.8) is 0 Å². The van der Waals surface area contributed by atoms with Crippen molar-refractivity contribution >= 4 is 29.0 Å². The van der Waals surface area contributed by atoms with Gasteiger partial charge in [0.2, 0.25) is 5.78 Å². The van der Waals surface area contributed by atoms with Gasteiger partial charge in [-0.1, -0.05) is 60.1 Å². The molecular formula is C22H16ClNO5. The summed E-state index contributed by atoms with van der Waals surface area (Å²) in [7, 11) is 0. The predicted molar refractivity (Wildman–Crippen MR) is 108 cm³/mol. The Morgan fingerprint density at radius 1 is 0.966 bits per heavy atom. The molecule has 6 nitrogen and oxygen atoms in total. The Hall–Kier alpha value is -3.51. The topological polar surface area (TPSA) is 86.5 Å². The zero-order chi connectivity index (χ0) is 21.0. The number of carbonyl (C=O) groups excluding carboxylic acids is 2. The van der Waals surface area contributed by atoms with Gasteiger partial charge in [0.15, 0.2) is 6.10 Å². The second-order valence-electron chi connectivity index (χ2n) is 6.27. The Labute approximate surface area is 171 Å². The van der Waals surface area contributed by atoms with E-state index in [1.807, 2.05) is 0 Å².